The second kappa shape index (κ2) is 12.3. The van der Waals surface area contributed by atoms with Gasteiger partial charge in [0, 0.05) is 54.9 Å². The van der Waals surface area contributed by atoms with E-state index in [1.54, 1.807) is 0 Å². The number of aromatic nitrogens is 3. The number of thiazole rings is 1. The summed E-state index contributed by atoms with van der Waals surface area (Å²) in [5, 5.41) is 11.1. The number of hydrogen-bond donors (Lipinski definition) is 1. The van der Waals surface area contributed by atoms with Gasteiger partial charge in [-0.1, -0.05) is 43.4 Å². The van der Waals surface area contributed by atoms with Crippen molar-refractivity contribution in [3.05, 3.63) is 64.1 Å². The van der Waals surface area contributed by atoms with Gasteiger partial charge in [-0.25, -0.2) is 9.78 Å². The van der Waals surface area contributed by atoms with Crippen molar-refractivity contribution in [3.8, 4) is 11.1 Å². The first-order valence-corrected chi connectivity index (χ1v) is 17.1. The lowest BCUT2D eigenvalue weighted by molar-refractivity contribution is -0.160. The summed E-state index contributed by atoms with van der Waals surface area (Å²) in [6.07, 6.45) is -2.16. The summed E-state index contributed by atoms with van der Waals surface area (Å²) in [6, 6.07) is 7.45. The number of piperidine rings is 1. The van der Waals surface area contributed by atoms with E-state index >= 15 is 0 Å². The molecular weight excluding hydrogens is 639 g/mol. The number of benzene rings is 1. The molecule has 1 aromatic carbocycles. The van der Waals surface area contributed by atoms with Crippen LogP contribution < -0.4 is 9.80 Å². The molecule has 0 aliphatic carbocycles. The number of halogens is 3. The second-order valence-corrected chi connectivity index (χ2v) is 15.7. The molecule has 1 fully saturated rings. The minimum atomic E-state index is -4.46. The summed E-state index contributed by atoms with van der Waals surface area (Å²) >= 11 is 1.22. The number of carboxylic acids is 1. The van der Waals surface area contributed by atoms with Gasteiger partial charge in [0.15, 0.2) is 16.9 Å². The highest BCUT2D eigenvalue weighted by molar-refractivity contribution is 7.22. The van der Waals surface area contributed by atoms with E-state index in [4.69, 9.17) is 9.72 Å². The van der Waals surface area contributed by atoms with Gasteiger partial charge < -0.3 is 19.6 Å². The quantitative estimate of drug-likeness (QED) is 0.217. The first-order valence-electron chi connectivity index (χ1n) is 16.3. The summed E-state index contributed by atoms with van der Waals surface area (Å²) < 4.78 is 46.4. The molecule has 4 aromatic rings. The molecule has 5 heterocycles. The Morgan fingerprint density at radius 1 is 1.00 bits per heavy atom. The maximum absolute atomic E-state index is 13.3. The fourth-order valence-electron chi connectivity index (χ4n) is 6.73. The number of ether oxygens (including phenoxy) is 1. The lowest BCUT2D eigenvalue weighted by atomic mass is 9.81. The van der Waals surface area contributed by atoms with Gasteiger partial charge in [0.1, 0.15) is 0 Å². The average Bonchev–Trinajstić information content (AvgIpc) is 3.42. The standard InChI is InChI=1S/C36H42F3N5O3S/c1-20-27(29(43-14-11-35(6,7)12-15-43)28(21(2)41-20)30(32(45)46)47-34(3,4)5)23-8-9-24-19-44(13-10-22(24)16-23)33-42-31-26(48-33)17-25(18-40-31)36(37,38)39/h8-9,16-18,30H,10-15,19H2,1-7H3,(H,45,46). The molecule has 1 atom stereocenters. The Bertz CT molecular complexity index is 1870. The van der Waals surface area contributed by atoms with Gasteiger partial charge in [-0.15, -0.1) is 0 Å². The van der Waals surface area contributed by atoms with Crippen molar-refractivity contribution in [1.29, 1.82) is 0 Å². The van der Waals surface area contributed by atoms with Crippen LogP contribution in [0.3, 0.4) is 0 Å². The molecule has 1 unspecified atom stereocenters. The lowest BCUT2D eigenvalue weighted by Gasteiger charge is -2.41. The number of alkyl halides is 3. The zero-order chi connectivity index (χ0) is 34.8. The number of anilines is 2. The minimum absolute atomic E-state index is 0.194. The van der Waals surface area contributed by atoms with E-state index in [-0.39, 0.29) is 5.41 Å². The Balaban J connectivity index is 1.39. The highest BCUT2D eigenvalue weighted by Crippen LogP contribution is 2.45. The number of carboxylic acid groups (broad SMARTS) is 1. The van der Waals surface area contributed by atoms with E-state index in [1.165, 1.54) is 11.3 Å². The number of aryl methyl sites for hydroxylation is 2. The van der Waals surface area contributed by atoms with Crippen LogP contribution in [-0.2, 0) is 28.7 Å². The Morgan fingerprint density at radius 2 is 1.71 bits per heavy atom. The third-order valence-electron chi connectivity index (χ3n) is 9.31. The van der Waals surface area contributed by atoms with Crippen LogP contribution >= 0.6 is 11.3 Å². The Kier molecular flexibility index (Phi) is 8.73. The van der Waals surface area contributed by atoms with Crippen molar-refractivity contribution in [2.45, 2.75) is 92.2 Å². The summed E-state index contributed by atoms with van der Waals surface area (Å²) in [5.74, 6) is -1.05. The summed E-state index contributed by atoms with van der Waals surface area (Å²) in [5.41, 5.74) is 6.14. The molecule has 2 aliphatic rings. The zero-order valence-electron chi connectivity index (χ0n) is 28.5. The van der Waals surface area contributed by atoms with E-state index in [1.807, 2.05) is 34.6 Å². The van der Waals surface area contributed by atoms with Crippen LogP contribution in [0.2, 0.25) is 0 Å². The van der Waals surface area contributed by atoms with Gasteiger partial charge in [-0.05, 0) is 82.1 Å². The highest BCUT2D eigenvalue weighted by Gasteiger charge is 2.37. The second-order valence-electron chi connectivity index (χ2n) is 14.7. The molecule has 1 N–H and O–H groups in total. The van der Waals surface area contributed by atoms with Gasteiger partial charge in [-0.3, -0.25) is 4.98 Å². The van der Waals surface area contributed by atoms with Crippen molar-refractivity contribution in [2.75, 3.05) is 29.4 Å². The van der Waals surface area contributed by atoms with Gasteiger partial charge in [0.05, 0.1) is 21.6 Å². The molecule has 2 aliphatic heterocycles. The van der Waals surface area contributed by atoms with Crippen LogP contribution in [0.4, 0.5) is 24.0 Å². The van der Waals surface area contributed by atoms with Crippen LogP contribution in [0.25, 0.3) is 21.5 Å². The minimum Gasteiger partial charge on any atom is -0.479 e. The molecule has 256 valence electrons. The predicted molar refractivity (Wildman–Crippen MR) is 183 cm³/mol. The van der Waals surface area contributed by atoms with Crippen molar-refractivity contribution >= 4 is 38.5 Å². The Hall–Kier alpha value is -3.77. The van der Waals surface area contributed by atoms with E-state index in [9.17, 15) is 23.1 Å². The molecule has 0 spiro atoms. The number of nitrogens with zero attached hydrogens (tertiary/aromatic N) is 5. The molecule has 1 saturated heterocycles. The van der Waals surface area contributed by atoms with Crippen LogP contribution in [0.15, 0.2) is 30.5 Å². The summed E-state index contributed by atoms with van der Waals surface area (Å²) in [4.78, 5) is 30.7. The average molecular weight is 682 g/mol. The van der Waals surface area contributed by atoms with Gasteiger partial charge in [0.2, 0.25) is 0 Å². The summed E-state index contributed by atoms with van der Waals surface area (Å²) in [6.45, 7) is 16.8. The van der Waals surface area contributed by atoms with E-state index in [0.717, 1.165) is 71.8 Å². The largest absolute Gasteiger partial charge is 0.479 e. The Morgan fingerprint density at radius 3 is 2.35 bits per heavy atom. The lowest BCUT2D eigenvalue weighted by Crippen LogP contribution is -2.39. The molecule has 6 rings (SSSR count). The van der Waals surface area contributed by atoms with Crippen molar-refractivity contribution < 1.29 is 27.8 Å². The highest BCUT2D eigenvalue weighted by atomic mass is 32.1. The van der Waals surface area contributed by atoms with Crippen LogP contribution in [-0.4, -0.2) is 51.3 Å². The van der Waals surface area contributed by atoms with Crippen LogP contribution in [0.5, 0.6) is 0 Å². The smallest absolute Gasteiger partial charge is 0.417 e. The molecule has 12 heteroatoms. The number of pyridine rings is 2. The fourth-order valence-corrected chi connectivity index (χ4v) is 7.71. The normalized spacial score (nSPS) is 17.5. The first-order chi connectivity index (χ1) is 22.4. The van der Waals surface area contributed by atoms with E-state index in [0.29, 0.717) is 46.2 Å². The number of carbonyl (C=O) groups is 1. The van der Waals surface area contributed by atoms with E-state index < -0.39 is 29.4 Å². The SMILES string of the molecule is Cc1nc(C)c(C(OC(C)(C)C)C(=O)O)c(N2CCC(C)(C)CC2)c1-c1ccc2c(c1)CCN(c1nc3ncc(C(F)(F)F)cc3s1)C2. The Labute approximate surface area is 283 Å². The molecule has 0 radical (unpaired) electrons. The third kappa shape index (κ3) is 6.87. The molecule has 48 heavy (non-hydrogen) atoms. The van der Waals surface area contributed by atoms with Crippen molar-refractivity contribution in [3.63, 3.8) is 0 Å². The topological polar surface area (TPSA) is 91.7 Å². The van der Waals surface area contributed by atoms with Crippen molar-refractivity contribution in [2.24, 2.45) is 5.41 Å². The third-order valence-corrected chi connectivity index (χ3v) is 10.4. The van der Waals surface area contributed by atoms with E-state index in [2.05, 4.69) is 51.8 Å². The van der Waals surface area contributed by atoms with Crippen LogP contribution in [0, 0.1) is 19.3 Å². The molecule has 0 amide bonds. The van der Waals surface area contributed by atoms with Gasteiger partial charge in [0.25, 0.3) is 0 Å². The first kappa shape index (κ1) is 34.1. The predicted octanol–water partition coefficient (Wildman–Crippen LogP) is 8.52. The molecule has 8 nitrogen and oxygen atoms in total. The zero-order valence-corrected chi connectivity index (χ0v) is 29.3. The van der Waals surface area contributed by atoms with Gasteiger partial charge in [-0.2, -0.15) is 18.2 Å². The molecule has 0 bridgehead atoms. The fraction of sp³-hybridized carbons (Fsp3) is 0.500. The maximum atomic E-state index is 13.3. The number of hydrogen-bond acceptors (Lipinski definition) is 8. The van der Waals surface area contributed by atoms with Crippen molar-refractivity contribution in [1.82, 2.24) is 15.0 Å². The maximum Gasteiger partial charge on any atom is 0.417 e. The summed E-state index contributed by atoms with van der Waals surface area (Å²) in [7, 11) is 0. The van der Waals surface area contributed by atoms with Crippen LogP contribution in [0.1, 0.15) is 87.2 Å². The van der Waals surface area contributed by atoms with Gasteiger partial charge >= 0.3 is 12.1 Å². The monoisotopic (exact) mass is 681 g/mol. The molecule has 0 saturated carbocycles. The number of aliphatic carboxylic acids is 1. The molecule has 3 aromatic heterocycles. The number of rotatable bonds is 6. The molecular formula is C36H42F3N5O3S. The number of fused-ring (bicyclic) bond motifs is 2.